The maximum atomic E-state index is 11.1. The first-order valence-electron chi connectivity index (χ1n) is 5.39. The molecule has 0 saturated heterocycles. The second kappa shape index (κ2) is 4.67. The normalized spacial score (nSPS) is 10.8. The van der Waals surface area contributed by atoms with Crippen LogP contribution in [-0.4, -0.2) is 16.1 Å². The Morgan fingerprint density at radius 3 is 2.41 bits per heavy atom. The van der Waals surface area contributed by atoms with Crippen molar-refractivity contribution >= 4 is 17.3 Å². The van der Waals surface area contributed by atoms with E-state index in [9.17, 15) is 4.79 Å². The molecule has 0 radical (unpaired) electrons. The molecule has 0 aliphatic rings. The van der Waals surface area contributed by atoms with Gasteiger partial charge in [-0.15, -0.1) is 11.3 Å². The molecule has 0 fully saturated rings. The van der Waals surface area contributed by atoms with E-state index in [1.807, 2.05) is 44.2 Å². The van der Waals surface area contributed by atoms with Crippen LogP contribution in [0.25, 0.3) is 10.6 Å². The minimum Gasteiger partial charge on any atom is -0.477 e. The van der Waals surface area contributed by atoms with Crippen LogP contribution in [0.3, 0.4) is 0 Å². The van der Waals surface area contributed by atoms with Crippen LogP contribution in [0, 0.1) is 0 Å². The first-order valence-corrected chi connectivity index (χ1v) is 6.20. The summed E-state index contributed by atoms with van der Waals surface area (Å²) in [6, 6.07) is 9.65. The van der Waals surface area contributed by atoms with E-state index < -0.39 is 5.97 Å². The number of carboxylic acid groups (broad SMARTS) is 1. The van der Waals surface area contributed by atoms with Gasteiger partial charge in [-0.3, -0.25) is 0 Å². The Morgan fingerprint density at radius 1 is 1.29 bits per heavy atom. The van der Waals surface area contributed by atoms with Crippen LogP contribution in [0.5, 0.6) is 0 Å². The summed E-state index contributed by atoms with van der Waals surface area (Å²) in [5.41, 5.74) is 1.63. The van der Waals surface area contributed by atoms with Crippen LogP contribution in [0.2, 0.25) is 0 Å². The van der Waals surface area contributed by atoms with Crippen molar-refractivity contribution in [2.75, 3.05) is 0 Å². The van der Waals surface area contributed by atoms with Gasteiger partial charge in [0.15, 0.2) is 0 Å². The van der Waals surface area contributed by atoms with Crippen molar-refractivity contribution in [1.82, 2.24) is 4.98 Å². The fourth-order valence-corrected chi connectivity index (χ4v) is 2.65. The number of carbonyl (C=O) groups is 1. The lowest BCUT2D eigenvalue weighted by Crippen LogP contribution is -2.00. The molecule has 0 aliphatic heterocycles. The van der Waals surface area contributed by atoms with Gasteiger partial charge in [0.2, 0.25) is 0 Å². The number of thiazole rings is 1. The third kappa shape index (κ3) is 2.36. The van der Waals surface area contributed by atoms with Crippen molar-refractivity contribution in [3.63, 3.8) is 0 Å². The summed E-state index contributed by atoms with van der Waals surface area (Å²) in [6.07, 6.45) is 0. The van der Waals surface area contributed by atoms with Gasteiger partial charge in [0.1, 0.15) is 9.88 Å². The van der Waals surface area contributed by atoms with Crippen molar-refractivity contribution in [1.29, 1.82) is 0 Å². The van der Waals surface area contributed by atoms with Crippen molar-refractivity contribution < 1.29 is 9.90 Å². The quantitative estimate of drug-likeness (QED) is 0.901. The highest BCUT2D eigenvalue weighted by atomic mass is 32.1. The summed E-state index contributed by atoms with van der Waals surface area (Å²) < 4.78 is 0. The molecular weight excluding hydrogens is 234 g/mol. The van der Waals surface area contributed by atoms with E-state index in [0.717, 1.165) is 10.6 Å². The van der Waals surface area contributed by atoms with E-state index in [1.54, 1.807) is 0 Å². The van der Waals surface area contributed by atoms with Gasteiger partial charge >= 0.3 is 5.97 Å². The predicted octanol–water partition coefficient (Wildman–Crippen LogP) is 3.63. The minimum atomic E-state index is -0.895. The SMILES string of the molecule is CC(C)c1nc(-c2ccccc2)sc1C(=O)O. The highest BCUT2D eigenvalue weighted by Crippen LogP contribution is 2.31. The molecule has 17 heavy (non-hydrogen) atoms. The molecule has 1 aromatic carbocycles. The summed E-state index contributed by atoms with van der Waals surface area (Å²) in [7, 11) is 0. The zero-order valence-electron chi connectivity index (χ0n) is 9.68. The summed E-state index contributed by atoms with van der Waals surface area (Å²) in [5, 5.41) is 9.92. The highest BCUT2D eigenvalue weighted by molar-refractivity contribution is 7.17. The standard InChI is InChI=1S/C13H13NO2S/c1-8(2)10-11(13(15)16)17-12(14-10)9-6-4-3-5-7-9/h3-8H,1-2H3,(H,15,16). The Bertz CT molecular complexity index is 532. The molecule has 2 rings (SSSR count). The van der Waals surface area contributed by atoms with Gasteiger partial charge in [-0.25, -0.2) is 9.78 Å². The number of benzene rings is 1. The van der Waals surface area contributed by atoms with Gasteiger partial charge in [0.25, 0.3) is 0 Å². The highest BCUT2D eigenvalue weighted by Gasteiger charge is 2.19. The van der Waals surface area contributed by atoms with E-state index in [-0.39, 0.29) is 5.92 Å². The molecule has 0 atom stereocenters. The van der Waals surface area contributed by atoms with Gasteiger partial charge in [0, 0.05) is 5.56 Å². The Morgan fingerprint density at radius 2 is 1.94 bits per heavy atom. The molecule has 0 amide bonds. The summed E-state index contributed by atoms with van der Waals surface area (Å²) in [6.45, 7) is 3.91. The molecule has 0 saturated carbocycles. The second-order valence-corrected chi connectivity index (χ2v) is 5.06. The number of aromatic nitrogens is 1. The fraction of sp³-hybridized carbons (Fsp3) is 0.231. The lowest BCUT2D eigenvalue weighted by atomic mass is 10.1. The van der Waals surface area contributed by atoms with Gasteiger partial charge in [-0.2, -0.15) is 0 Å². The predicted molar refractivity (Wildman–Crippen MR) is 68.6 cm³/mol. The summed E-state index contributed by atoms with van der Waals surface area (Å²) in [5.74, 6) is -0.775. The Labute approximate surface area is 104 Å². The van der Waals surface area contributed by atoms with Crippen molar-refractivity contribution in [2.24, 2.45) is 0 Å². The van der Waals surface area contributed by atoms with Crippen LogP contribution in [-0.2, 0) is 0 Å². The van der Waals surface area contributed by atoms with Crippen molar-refractivity contribution in [2.45, 2.75) is 19.8 Å². The number of rotatable bonds is 3. The topological polar surface area (TPSA) is 50.2 Å². The molecule has 0 spiro atoms. The zero-order valence-corrected chi connectivity index (χ0v) is 10.5. The number of hydrogen-bond acceptors (Lipinski definition) is 3. The van der Waals surface area contributed by atoms with Crippen LogP contribution >= 0.6 is 11.3 Å². The van der Waals surface area contributed by atoms with E-state index in [2.05, 4.69) is 4.98 Å². The lowest BCUT2D eigenvalue weighted by molar-refractivity contribution is 0.0700. The van der Waals surface area contributed by atoms with Gasteiger partial charge in [0.05, 0.1) is 5.69 Å². The Kier molecular flexibility index (Phi) is 3.24. The molecular formula is C13H13NO2S. The molecule has 0 aliphatic carbocycles. The van der Waals surface area contributed by atoms with Gasteiger partial charge < -0.3 is 5.11 Å². The third-order valence-electron chi connectivity index (χ3n) is 2.42. The maximum absolute atomic E-state index is 11.1. The lowest BCUT2D eigenvalue weighted by Gasteiger charge is -2.00. The second-order valence-electron chi connectivity index (χ2n) is 4.06. The zero-order chi connectivity index (χ0) is 12.4. The largest absolute Gasteiger partial charge is 0.477 e. The number of hydrogen-bond donors (Lipinski definition) is 1. The van der Waals surface area contributed by atoms with E-state index in [4.69, 9.17) is 5.11 Å². The molecule has 1 N–H and O–H groups in total. The summed E-state index contributed by atoms with van der Waals surface area (Å²) in [4.78, 5) is 15.9. The monoisotopic (exact) mass is 247 g/mol. The molecule has 0 bridgehead atoms. The van der Waals surface area contributed by atoms with Crippen molar-refractivity contribution in [3.05, 3.63) is 40.9 Å². The first kappa shape index (κ1) is 11.8. The molecule has 3 nitrogen and oxygen atoms in total. The number of aromatic carboxylic acids is 1. The van der Waals surface area contributed by atoms with E-state index in [1.165, 1.54) is 11.3 Å². The molecule has 88 valence electrons. The average Bonchev–Trinajstić information content (AvgIpc) is 2.75. The van der Waals surface area contributed by atoms with E-state index >= 15 is 0 Å². The van der Waals surface area contributed by atoms with Gasteiger partial charge in [-0.1, -0.05) is 44.2 Å². The Balaban J connectivity index is 2.51. The van der Waals surface area contributed by atoms with Gasteiger partial charge in [-0.05, 0) is 5.92 Å². The third-order valence-corrected chi connectivity index (χ3v) is 3.52. The van der Waals surface area contributed by atoms with Crippen LogP contribution in [0.4, 0.5) is 0 Å². The van der Waals surface area contributed by atoms with Crippen LogP contribution in [0.15, 0.2) is 30.3 Å². The fourth-order valence-electron chi connectivity index (χ4n) is 1.58. The smallest absolute Gasteiger partial charge is 0.347 e. The molecule has 1 aromatic heterocycles. The van der Waals surface area contributed by atoms with Crippen LogP contribution in [0.1, 0.15) is 35.1 Å². The average molecular weight is 247 g/mol. The summed E-state index contributed by atoms with van der Waals surface area (Å²) >= 11 is 1.24. The number of nitrogens with zero attached hydrogens (tertiary/aromatic N) is 1. The molecule has 2 aromatic rings. The molecule has 0 unspecified atom stereocenters. The minimum absolute atomic E-state index is 0.120. The van der Waals surface area contributed by atoms with E-state index in [0.29, 0.717) is 10.6 Å². The number of carboxylic acids is 1. The first-order chi connectivity index (χ1) is 8.09. The maximum Gasteiger partial charge on any atom is 0.347 e. The molecule has 4 heteroatoms. The Hall–Kier alpha value is -1.68. The van der Waals surface area contributed by atoms with Crippen LogP contribution < -0.4 is 0 Å². The van der Waals surface area contributed by atoms with Crippen molar-refractivity contribution in [3.8, 4) is 10.6 Å². The molecule has 1 heterocycles.